The summed E-state index contributed by atoms with van der Waals surface area (Å²) in [4.78, 5) is 17.3. The van der Waals surface area contributed by atoms with Crippen molar-refractivity contribution in [1.29, 1.82) is 0 Å². The van der Waals surface area contributed by atoms with Crippen LogP contribution in [0.1, 0.15) is 69.4 Å². The van der Waals surface area contributed by atoms with Crippen LogP contribution >= 0.6 is 0 Å². The molecule has 0 aliphatic rings. The normalized spacial score (nSPS) is 10.5. The number of pyridine rings is 4. The molecule has 143 heavy (non-hydrogen) atoms. The maximum atomic E-state index is 4.47. The summed E-state index contributed by atoms with van der Waals surface area (Å²) in [5.74, 6) is 0. The van der Waals surface area contributed by atoms with Crippen molar-refractivity contribution in [3.05, 3.63) is 544 Å². The minimum atomic E-state index is -1.29. The Labute approximate surface area is 908 Å². The topological polar surface area (TPSA) is 51.6 Å². The van der Waals surface area contributed by atoms with Crippen LogP contribution in [0.4, 0.5) is 0 Å². The second kappa shape index (κ2) is 56.9. The Balaban J connectivity index is 0.000000184. The second-order valence-electron chi connectivity index (χ2n) is 37.8. The zero-order valence-corrected chi connectivity index (χ0v) is 95.3. The van der Waals surface area contributed by atoms with Gasteiger partial charge in [-0.25, -0.2) is 44.5 Å². The van der Waals surface area contributed by atoms with Gasteiger partial charge in [0.25, 0.3) is 0 Å². The summed E-state index contributed by atoms with van der Waals surface area (Å²) < 4.78 is 0. The summed E-state index contributed by atoms with van der Waals surface area (Å²) in [6.45, 7) is 34.0. The van der Waals surface area contributed by atoms with Gasteiger partial charge >= 0.3 is 0 Å². The molecule has 726 valence electrons. The molecule has 0 atom stereocenters. The largest absolute Gasteiger partial charge is 0.305 e. The fourth-order valence-corrected chi connectivity index (χ4v) is 17.4. The van der Waals surface area contributed by atoms with Crippen molar-refractivity contribution in [1.82, 2.24) is 19.9 Å². The van der Waals surface area contributed by atoms with Crippen LogP contribution in [-0.4, -0.2) is 36.1 Å². The Hall–Kier alpha value is -12.8. The van der Waals surface area contributed by atoms with Gasteiger partial charge in [0.1, 0.15) is 0 Å². The van der Waals surface area contributed by atoms with E-state index in [4.69, 9.17) is 0 Å². The Morgan fingerprint density at radius 3 is 0.853 bits per heavy atom. The molecule has 20 aromatic rings. The van der Waals surface area contributed by atoms with Crippen LogP contribution in [-0.2, 0) is 91.3 Å². The molecular formula is C133H118Ir4N4Si2-12. The van der Waals surface area contributed by atoms with Gasteiger partial charge in [0.15, 0.2) is 0 Å². The summed E-state index contributed by atoms with van der Waals surface area (Å²) in [5, 5.41) is 2.98. The Kier molecular flexibility index (Phi) is 45.2. The monoisotopic (exact) mass is 2600 g/mol. The van der Waals surface area contributed by atoms with Crippen LogP contribution < -0.4 is 10.4 Å². The van der Waals surface area contributed by atoms with Crippen LogP contribution in [0.3, 0.4) is 0 Å². The van der Waals surface area contributed by atoms with Gasteiger partial charge in [0.2, 0.25) is 0 Å². The van der Waals surface area contributed by atoms with E-state index in [2.05, 4.69) is 395 Å². The van der Waals surface area contributed by atoms with E-state index >= 15 is 0 Å². The molecule has 0 amide bonds. The van der Waals surface area contributed by atoms with Crippen molar-refractivity contribution >= 4 is 26.5 Å². The molecule has 0 fully saturated rings. The van der Waals surface area contributed by atoms with Crippen molar-refractivity contribution < 1.29 is 80.4 Å². The molecule has 0 saturated heterocycles. The van der Waals surface area contributed by atoms with Crippen LogP contribution in [0.2, 0.25) is 39.3 Å². The van der Waals surface area contributed by atoms with Gasteiger partial charge < -0.3 is 19.9 Å². The Bertz CT molecular complexity index is 6590. The minimum Gasteiger partial charge on any atom is -0.305 e. The number of nitrogens with zero attached hydrogens (tertiary/aromatic N) is 4. The number of hydrogen-bond donors (Lipinski definition) is 0. The molecule has 0 unspecified atom stereocenters. The first-order valence-corrected chi connectivity index (χ1v) is 54.2. The molecule has 0 saturated carbocycles. The third-order valence-corrected chi connectivity index (χ3v) is 27.0. The maximum Gasteiger partial charge on any atom is 0.0775 e. The molecule has 4 heterocycles. The molecule has 20 rings (SSSR count). The minimum absolute atomic E-state index is 0. The van der Waals surface area contributed by atoms with Crippen LogP contribution in [0.15, 0.2) is 443 Å². The fraction of sp³-hybridized carbons (Fsp3) is 0.128. The number of benzene rings is 16. The third-order valence-electron chi connectivity index (χ3n) is 22.8. The first-order chi connectivity index (χ1) is 67.2. The molecule has 10 heteroatoms. The smallest absolute Gasteiger partial charge is 0.0775 e. The van der Waals surface area contributed by atoms with E-state index in [1.807, 2.05) is 231 Å². The van der Waals surface area contributed by atoms with Crippen LogP contribution in [0.25, 0.3) is 134 Å². The standard InChI is InChI=1S/C23H22.C22H20.2C21H22NSi.2C12H8.2C11H8N.4Ir/c1-17-9-11-18(12-10-17)19-13-15-20(16-14-19)21-7-5-6-8-22(21)23(2,3)4;1-22(2,3)21-12-8-7-11-20(21)19-15-13-18(14-16-19)17-9-5-4-6-10-17;1-16-13-14-22-21(15-16)19-7-5-17(6-8-19)18-9-11-20(12-10-18)23(2,3)4;1-16-8-13-21(22-15-16)18-11-9-17(10-12-18)19-6-5-7-20(14-19)23(2,3)4;2*1-3-7-11(8-4-1)12-9-5-2-6-10-12;2*1-2-6-10(7-3-1)11-8-4-5-9-12-11;;;;/h5-11,13,15-16H,1-4H3;4-9,11-13,15-16H,1-3H3;5-7,9-15H,1-4H3;5-11,13-15H,1-4H3;2*1-7,9H;2*1-6,8-9H;;;;/q2*-2;2*-1;2*-2;2*-1;;;;. The van der Waals surface area contributed by atoms with Crippen molar-refractivity contribution in [2.75, 3.05) is 0 Å². The zero-order valence-electron chi connectivity index (χ0n) is 83.8. The van der Waals surface area contributed by atoms with Crippen LogP contribution in [0, 0.1) is 93.6 Å². The molecule has 0 bridgehead atoms. The fourth-order valence-electron chi connectivity index (χ4n) is 15.1. The van der Waals surface area contributed by atoms with E-state index in [9.17, 15) is 0 Å². The average Bonchev–Trinajstić information content (AvgIpc) is 0.784. The van der Waals surface area contributed by atoms with E-state index in [0.717, 1.165) is 89.5 Å². The van der Waals surface area contributed by atoms with Gasteiger partial charge in [-0.1, -0.05) is 277 Å². The van der Waals surface area contributed by atoms with Crippen LogP contribution in [0.5, 0.6) is 0 Å². The predicted octanol–water partition coefficient (Wildman–Crippen LogP) is 33.3. The number of rotatable bonds is 14. The van der Waals surface area contributed by atoms with E-state index in [1.165, 1.54) is 82.7 Å². The summed E-state index contributed by atoms with van der Waals surface area (Å²) in [7, 11) is -2.52. The molecular weight excluding hydrogens is 2480 g/mol. The van der Waals surface area contributed by atoms with Gasteiger partial charge in [-0.15, -0.1) is 203 Å². The van der Waals surface area contributed by atoms with Crippen molar-refractivity contribution in [3.63, 3.8) is 0 Å². The van der Waals surface area contributed by atoms with E-state index in [1.54, 1.807) is 12.4 Å². The quantitative estimate of drug-likeness (QED) is 0.0804. The van der Waals surface area contributed by atoms with Gasteiger partial charge in [0.05, 0.1) is 16.1 Å². The summed E-state index contributed by atoms with van der Waals surface area (Å²) in [6, 6.07) is 181. The second-order valence-corrected chi connectivity index (χ2v) is 48.0. The molecule has 4 radical (unpaired) electrons. The summed E-state index contributed by atoms with van der Waals surface area (Å²) in [5.41, 5.74) is 33.3. The number of aryl methyl sites for hydroxylation is 3. The summed E-state index contributed by atoms with van der Waals surface area (Å²) >= 11 is 0. The molecule has 16 aromatic carbocycles. The van der Waals surface area contributed by atoms with Gasteiger partial charge in [0, 0.05) is 105 Å². The van der Waals surface area contributed by atoms with Gasteiger partial charge in [-0.3, -0.25) is 0 Å². The Morgan fingerprint density at radius 2 is 0.517 bits per heavy atom. The van der Waals surface area contributed by atoms with Crippen molar-refractivity contribution in [3.8, 4) is 134 Å². The molecule has 4 aromatic heterocycles. The first kappa shape index (κ1) is 114. The van der Waals surface area contributed by atoms with E-state index in [-0.39, 0.29) is 91.3 Å². The average molecular weight is 2600 g/mol. The molecule has 4 nitrogen and oxygen atoms in total. The Morgan fingerprint density at radius 1 is 0.203 bits per heavy atom. The zero-order chi connectivity index (χ0) is 97.8. The predicted molar refractivity (Wildman–Crippen MR) is 592 cm³/mol. The van der Waals surface area contributed by atoms with Crippen molar-refractivity contribution in [2.24, 2.45) is 0 Å². The van der Waals surface area contributed by atoms with E-state index < -0.39 is 16.1 Å². The van der Waals surface area contributed by atoms with E-state index in [0.29, 0.717) is 0 Å². The molecule has 0 aliphatic heterocycles. The number of hydrogen-bond acceptors (Lipinski definition) is 4. The number of aromatic nitrogens is 4. The summed E-state index contributed by atoms with van der Waals surface area (Å²) in [6.07, 6.45) is 7.32. The molecule has 0 N–H and O–H groups in total. The SMILES string of the molecule is CC(C)(C)c1ccccc1-c1c[c-]c(-c2[c-]cccc2)cc1.Cc1c[c-]c(-c2[c-]cc(-c3ccccc3C(C)(C)C)cc2)cc1.Cc1ccc(-c2[c-]cc(-c3cccc([Si](C)(C)C)c3)cc2)nc1.Cc1ccnc(-c2[c-]cc(-c3ccc([Si](C)(C)C)cc3)cc2)c1.[Ir].[Ir].[Ir].[Ir].[c-]1ccccc1-c1[c-]cccc1.[c-]1ccccc1-c1[c-]cccc1.[c-]1ccccc1-c1ccccn1.[c-]1ccccc1-c1ccccn1. The maximum absolute atomic E-state index is 4.47. The first-order valence-electron chi connectivity index (χ1n) is 47.2. The molecule has 0 spiro atoms. The molecule has 0 aliphatic carbocycles. The van der Waals surface area contributed by atoms with Crippen molar-refractivity contribution in [2.45, 2.75) is 112 Å². The third kappa shape index (κ3) is 35.3. The van der Waals surface area contributed by atoms with Gasteiger partial charge in [-0.05, 0) is 82.3 Å². The van der Waals surface area contributed by atoms with Gasteiger partial charge in [-0.2, -0.15) is 170 Å².